The monoisotopic (exact) mass is 453 g/mol. The minimum absolute atomic E-state index is 0.0753. The first-order chi connectivity index (χ1) is 15.1. The molecule has 0 spiro atoms. The molecule has 3 aromatic rings. The fourth-order valence-electron chi connectivity index (χ4n) is 3.91. The van der Waals surface area contributed by atoms with Gasteiger partial charge in [0.1, 0.15) is 0 Å². The predicted octanol–water partition coefficient (Wildman–Crippen LogP) is 3.62. The number of benzene rings is 1. The highest BCUT2D eigenvalue weighted by Gasteiger charge is 2.30. The summed E-state index contributed by atoms with van der Waals surface area (Å²) in [5.74, 6) is -0.290. The molecule has 2 aliphatic heterocycles. The van der Waals surface area contributed by atoms with Crippen LogP contribution in [0.2, 0.25) is 5.02 Å². The van der Waals surface area contributed by atoms with E-state index >= 15 is 0 Å². The predicted molar refractivity (Wildman–Crippen MR) is 124 cm³/mol. The van der Waals surface area contributed by atoms with Crippen LogP contribution in [0.1, 0.15) is 25.6 Å². The van der Waals surface area contributed by atoms with Crippen LogP contribution in [0, 0.1) is 0 Å². The lowest BCUT2D eigenvalue weighted by Crippen LogP contribution is -2.43. The molecule has 0 saturated carbocycles. The molecular formula is C22H20ClN5O2S. The summed E-state index contributed by atoms with van der Waals surface area (Å²) < 4.78 is 0. The van der Waals surface area contributed by atoms with Crippen molar-refractivity contribution < 1.29 is 9.59 Å². The summed E-state index contributed by atoms with van der Waals surface area (Å²) in [4.78, 5) is 34.3. The molecule has 0 aliphatic carbocycles. The zero-order valence-electron chi connectivity index (χ0n) is 16.6. The van der Waals surface area contributed by atoms with Crippen molar-refractivity contribution in [1.82, 2.24) is 10.3 Å². The molecule has 2 aromatic heterocycles. The largest absolute Gasteiger partial charge is 0.367 e. The van der Waals surface area contributed by atoms with E-state index in [-0.39, 0.29) is 11.8 Å². The SMILES string of the molecule is O=C(Nc1cnccc1N1CCNCC1)c1ccc(N2Cc3cc(Cl)ccc3C2=O)s1. The van der Waals surface area contributed by atoms with Crippen molar-refractivity contribution in [1.29, 1.82) is 0 Å². The van der Waals surface area contributed by atoms with Crippen LogP contribution in [0.15, 0.2) is 48.8 Å². The summed E-state index contributed by atoms with van der Waals surface area (Å²) in [7, 11) is 0. The van der Waals surface area contributed by atoms with Crippen molar-refractivity contribution in [2.45, 2.75) is 6.54 Å². The van der Waals surface area contributed by atoms with Gasteiger partial charge in [0.05, 0.1) is 34.0 Å². The van der Waals surface area contributed by atoms with Crippen LogP contribution in [-0.4, -0.2) is 43.0 Å². The molecule has 0 atom stereocenters. The van der Waals surface area contributed by atoms with Crippen LogP contribution >= 0.6 is 22.9 Å². The lowest BCUT2D eigenvalue weighted by molar-refractivity contribution is 0.0995. The standard InChI is InChI=1S/C22H20ClN5O2S/c23-15-1-2-16-14(11-15)13-28(22(16)30)20-4-3-19(31-20)21(29)26-17-12-25-6-5-18(17)27-9-7-24-8-10-27/h1-6,11-12,24H,7-10,13H2,(H,26,29). The highest BCUT2D eigenvalue weighted by Crippen LogP contribution is 2.35. The lowest BCUT2D eigenvalue weighted by atomic mass is 10.1. The van der Waals surface area contributed by atoms with Crippen molar-refractivity contribution in [3.05, 3.63) is 69.8 Å². The Labute approximate surface area is 188 Å². The number of amides is 2. The first kappa shape index (κ1) is 20.0. The van der Waals surface area contributed by atoms with Gasteiger partial charge in [0.25, 0.3) is 11.8 Å². The lowest BCUT2D eigenvalue weighted by Gasteiger charge is -2.30. The summed E-state index contributed by atoms with van der Waals surface area (Å²) in [5, 5.41) is 7.66. The Balaban J connectivity index is 1.33. The Morgan fingerprint density at radius 1 is 1.16 bits per heavy atom. The van der Waals surface area contributed by atoms with E-state index in [0.717, 1.165) is 42.4 Å². The first-order valence-electron chi connectivity index (χ1n) is 10.0. The van der Waals surface area contributed by atoms with Crippen LogP contribution in [0.4, 0.5) is 16.4 Å². The highest BCUT2D eigenvalue weighted by molar-refractivity contribution is 7.18. The van der Waals surface area contributed by atoms with Gasteiger partial charge < -0.3 is 15.5 Å². The van der Waals surface area contributed by atoms with E-state index in [4.69, 9.17) is 11.6 Å². The summed E-state index contributed by atoms with van der Waals surface area (Å²) in [6.07, 6.45) is 3.41. The third-order valence-corrected chi connectivity index (χ3v) is 6.80. The van der Waals surface area contributed by atoms with Crippen LogP contribution in [-0.2, 0) is 6.54 Å². The fourth-order valence-corrected chi connectivity index (χ4v) is 5.00. The summed E-state index contributed by atoms with van der Waals surface area (Å²) >= 11 is 7.36. The minimum Gasteiger partial charge on any atom is -0.367 e. The van der Waals surface area contributed by atoms with Gasteiger partial charge in [0.2, 0.25) is 0 Å². The number of thiophene rings is 1. The molecule has 2 aliphatic rings. The zero-order chi connectivity index (χ0) is 21.4. The third-order valence-electron chi connectivity index (χ3n) is 5.46. The number of piperazine rings is 1. The number of hydrogen-bond acceptors (Lipinski definition) is 6. The number of pyridine rings is 1. The van der Waals surface area contributed by atoms with Crippen LogP contribution in [0.3, 0.4) is 0 Å². The molecule has 158 valence electrons. The Morgan fingerprint density at radius 3 is 2.84 bits per heavy atom. The number of rotatable bonds is 4. The molecule has 9 heteroatoms. The van der Waals surface area contributed by atoms with E-state index in [1.54, 1.807) is 35.5 Å². The number of carbonyl (C=O) groups excluding carboxylic acids is 2. The topological polar surface area (TPSA) is 77.6 Å². The summed E-state index contributed by atoms with van der Waals surface area (Å²) in [6.45, 7) is 4.00. The maximum atomic E-state index is 12.9. The number of anilines is 3. The van der Waals surface area contributed by atoms with Crippen molar-refractivity contribution in [2.24, 2.45) is 0 Å². The number of aromatic nitrogens is 1. The molecule has 5 rings (SSSR count). The Hall–Kier alpha value is -2.94. The molecule has 2 N–H and O–H groups in total. The van der Waals surface area contributed by atoms with E-state index < -0.39 is 0 Å². The van der Waals surface area contributed by atoms with Crippen molar-refractivity contribution in [2.75, 3.05) is 41.3 Å². The fraction of sp³-hybridized carbons (Fsp3) is 0.227. The van der Waals surface area contributed by atoms with Gasteiger partial charge in [-0.15, -0.1) is 11.3 Å². The molecule has 1 saturated heterocycles. The van der Waals surface area contributed by atoms with Gasteiger partial charge in [-0.2, -0.15) is 0 Å². The number of carbonyl (C=O) groups is 2. The van der Waals surface area contributed by atoms with Gasteiger partial charge in [-0.1, -0.05) is 11.6 Å². The van der Waals surface area contributed by atoms with Crippen LogP contribution < -0.4 is 20.4 Å². The highest BCUT2D eigenvalue weighted by atomic mass is 35.5. The molecule has 0 unspecified atom stereocenters. The zero-order valence-corrected chi connectivity index (χ0v) is 18.2. The second kappa shape index (κ2) is 8.30. The van der Waals surface area contributed by atoms with E-state index in [1.807, 2.05) is 18.2 Å². The molecular weight excluding hydrogens is 434 g/mol. The van der Waals surface area contributed by atoms with E-state index in [2.05, 4.69) is 20.5 Å². The smallest absolute Gasteiger partial charge is 0.265 e. The van der Waals surface area contributed by atoms with Gasteiger partial charge in [0, 0.05) is 43.0 Å². The van der Waals surface area contributed by atoms with Gasteiger partial charge in [-0.05, 0) is 42.0 Å². The normalized spacial score (nSPS) is 15.8. The molecule has 4 heterocycles. The Kier molecular flexibility index (Phi) is 5.35. The number of nitrogens with zero attached hydrogens (tertiary/aromatic N) is 3. The second-order valence-electron chi connectivity index (χ2n) is 7.41. The van der Waals surface area contributed by atoms with Gasteiger partial charge in [-0.25, -0.2) is 0 Å². The molecule has 0 bridgehead atoms. The number of fused-ring (bicyclic) bond motifs is 1. The van der Waals surface area contributed by atoms with Crippen LogP contribution in [0.5, 0.6) is 0 Å². The minimum atomic E-state index is -0.215. The van der Waals surface area contributed by atoms with E-state index in [9.17, 15) is 9.59 Å². The average Bonchev–Trinajstić information content (AvgIpc) is 3.39. The number of halogens is 1. The van der Waals surface area contributed by atoms with E-state index in [0.29, 0.717) is 27.7 Å². The number of hydrogen-bond donors (Lipinski definition) is 2. The first-order valence-corrected chi connectivity index (χ1v) is 11.2. The molecule has 7 nitrogen and oxygen atoms in total. The summed E-state index contributed by atoms with van der Waals surface area (Å²) in [5.41, 5.74) is 3.19. The van der Waals surface area contributed by atoms with Crippen molar-refractivity contribution in [3.8, 4) is 0 Å². The van der Waals surface area contributed by atoms with Crippen LogP contribution in [0.25, 0.3) is 0 Å². The van der Waals surface area contributed by atoms with E-state index in [1.165, 1.54) is 11.3 Å². The third kappa shape index (κ3) is 3.89. The Morgan fingerprint density at radius 2 is 2.00 bits per heavy atom. The second-order valence-corrected chi connectivity index (χ2v) is 8.91. The van der Waals surface area contributed by atoms with Gasteiger partial charge in [0.15, 0.2) is 0 Å². The maximum absolute atomic E-state index is 12.9. The number of nitrogens with one attached hydrogen (secondary N) is 2. The van der Waals surface area contributed by atoms with Crippen molar-refractivity contribution in [3.63, 3.8) is 0 Å². The molecule has 0 radical (unpaired) electrons. The maximum Gasteiger partial charge on any atom is 0.265 e. The molecule has 1 fully saturated rings. The average molecular weight is 454 g/mol. The summed E-state index contributed by atoms with van der Waals surface area (Å²) in [6, 6.07) is 10.8. The molecule has 1 aromatic carbocycles. The van der Waals surface area contributed by atoms with Crippen molar-refractivity contribution >= 4 is 51.1 Å². The van der Waals surface area contributed by atoms with Gasteiger partial charge >= 0.3 is 0 Å². The molecule has 31 heavy (non-hydrogen) atoms. The quantitative estimate of drug-likeness (QED) is 0.631. The molecule has 2 amide bonds. The van der Waals surface area contributed by atoms with Gasteiger partial charge in [-0.3, -0.25) is 19.5 Å². The Bertz CT molecular complexity index is 1160.